The molecule has 1 nitrogen and oxygen atoms in total. The molecule has 1 atom stereocenters. The van der Waals surface area contributed by atoms with Crippen LogP contribution in [0.1, 0.15) is 71.6 Å². The molecule has 0 aromatic rings. The van der Waals surface area contributed by atoms with Gasteiger partial charge in [0.05, 0.1) is 0 Å². The smallest absolute Gasteiger partial charge is 0.0127 e. The molecule has 19 heavy (non-hydrogen) atoms. The average molecular weight is 261 g/mol. The quantitative estimate of drug-likeness (QED) is 0.778. The van der Waals surface area contributed by atoms with Crippen LogP contribution in [0.15, 0.2) is 0 Å². The van der Waals surface area contributed by atoms with Crippen molar-refractivity contribution >= 4 is 0 Å². The Labute approximate surface area is 118 Å². The number of hydrogen-bond acceptors (Lipinski definition) is 1. The minimum absolute atomic E-state index is 0.585. The Kier molecular flexibility index (Phi) is 2.99. The molecular formula is C18H31N. The van der Waals surface area contributed by atoms with Crippen LogP contribution in [0.4, 0.5) is 0 Å². The Balaban J connectivity index is 1.43. The fraction of sp³-hybridized carbons (Fsp3) is 1.00. The molecule has 0 aromatic heterocycles. The van der Waals surface area contributed by atoms with Crippen LogP contribution >= 0.6 is 0 Å². The maximum absolute atomic E-state index is 4.16. The van der Waals surface area contributed by atoms with Gasteiger partial charge in [0.2, 0.25) is 0 Å². The molecule has 0 amide bonds. The van der Waals surface area contributed by atoms with Crippen LogP contribution in [0.2, 0.25) is 0 Å². The summed E-state index contributed by atoms with van der Waals surface area (Å²) in [4.78, 5) is 0. The van der Waals surface area contributed by atoms with Crippen molar-refractivity contribution in [2.24, 2.45) is 29.1 Å². The third-order valence-electron chi connectivity index (χ3n) is 6.86. The standard InChI is InChI=1S/C18H31N/c1-18(2)5-3-4-16(11-18)19-17-14-7-12-6-13(9-14)10-15(17)8-12/h12-17,19H,3-11H2,1-2H3. The van der Waals surface area contributed by atoms with Gasteiger partial charge in [0.1, 0.15) is 0 Å². The fourth-order valence-electron chi connectivity index (χ4n) is 6.31. The molecule has 0 spiro atoms. The number of rotatable bonds is 2. The third-order valence-corrected chi connectivity index (χ3v) is 6.86. The molecule has 5 aliphatic rings. The molecule has 0 heterocycles. The minimum atomic E-state index is 0.585. The van der Waals surface area contributed by atoms with Gasteiger partial charge in [0.25, 0.3) is 0 Å². The second kappa shape index (κ2) is 4.48. The molecule has 0 radical (unpaired) electrons. The van der Waals surface area contributed by atoms with Crippen LogP contribution in [0.5, 0.6) is 0 Å². The molecule has 108 valence electrons. The van der Waals surface area contributed by atoms with Gasteiger partial charge in [-0.1, -0.05) is 20.3 Å². The Morgan fingerprint density at radius 3 is 2.11 bits per heavy atom. The molecule has 0 aliphatic heterocycles. The normalized spacial score (nSPS) is 51.5. The summed E-state index contributed by atoms with van der Waals surface area (Å²) in [5.41, 5.74) is 0.585. The molecule has 5 saturated carbocycles. The van der Waals surface area contributed by atoms with E-state index >= 15 is 0 Å². The van der Waals surface area contributed by atoms with E-state index in [1.807, 2.05) is 0 Å². The Morgan fingerprint density at radius 1 is 0.895 bits per heavy atom. The summed E-state index contributed by atoms with van der Waals surface area (Å²) in [5, 5.41) is 4.16. The summed E-state index contributed by atoms with van der Waals surface area (Å²) in [7, 11) is 0. The monoisotopic (exact) mass is 261 g/mol. The second-order valence-electron chi connectivity index (χ2n) is 9.08. The van der Waals surface area contributed by atoms with E-state index in [2.05, 4.69) is 19.2 Å². The highest BCUT2D eigenvalue weighted by Crippen LogP contribution is 2.54. The first-order chi connectivity index (χ1) is 9.09. The van der Waals surface area contributed by atoms with E-state index in [0.29, 0.717) is 5.41 Å². The lowest BCUT2D eigenvalue weighted by atomic mass is 9.54. The van der Waals surface area contributed by atoms with E-state index in [-0.39, 0.29) is 0 Å². The van der Waals surface area contributed by atoms with Gasteiger partial charge in [-0.05, 0) is 80.5 Å². The number of nitrogens with one attached hydrogen (secondary N) is 1. The predicted molar refractivity (Wildman–Crippen MR) is 80.0 cm³/mol. The van der Waals surface area contributed by atoms with Crippen molar-refractivity contribution in [3.8, 4) is 0 Å². The lowest BCUT2D eigenvalue weighted by Gasteiger charge is -2.55. The minimum Gasteiger partial charge on any atom is -0.311 e. The summed E-state index contributed by atoms with van der Waals surface area (Å²) in [6.07, 6.45) is 13.5. The van der Waals surface area contributed by atoms with Crippen LogP contribution in [-0.2, 0) is 0 Å². The first kappa shape index (κ1) is 12.7. The number of hydrogen-bond donors (Lipinski definition) is 1. The molecule has 1 heteroatoms. The molecule has 4 bridgehead atoms. The van der Waals surface area contributed by atoms with E-state index < -0.39 is 0 Å². The van der Waals surface area contributed by atoms with Gasteiger partial charge >= 0.3 is 0 Å². The van der Waals surface area contributed by atoms with Crippen molar-refractivity contribution in [2.75, 3.05) is 0 Å². The fourth-order valence-corrected chi connectivity index (χ4v) is 6.31. The summed E-state index contributed by atoms with van der Waals surface area (Å²) in [5.74, 6) is 4.31. The Bertz CT molecular complexity index is 318. The first-order valence-corrected chi connectivity index (χ1v) is 8.85. The molecule has 5 rings (SSSR count). The molecular weight excluding hydrogens is 230 g/mol. The predicted octanol–water partition coefficient (Wildman–Crippen LogP) is 4.37. The molecule has 5 fully saturated rings. The van der Waals surface area contributed by atoms with Crippen LogP contribution in [0.25, 0.3) is 0 Å². The zero-order valence-corrected chi connectivity index (χ0v) is 12.8. The van der Waals surface area contributed by atoms with Crippen molar-refractivity contribution in [3.63, 3.8) is 0 Å². The zero-order chi connectivity index (χ0) is 13.0. The molecule has 1 unspecified atom stereocenters. The summed E-state index contributed by atoms with van der Waals surface area (Å²) in [6.45, 7) is 4.94. The van der Waals surface area contributed by atoms with Crippen molar-refractivity contribution in [2.45, 2.75) is 83.7 Å². The van der Waals surface area contributed by atoms with Gasteiger partial charge in [-0.3, -0.25) is 0 Å². The highest BCUT2D eigenvalue weighted by atomic mass is 15.0. The van der Waals surface area contributed by atoms with E-state index in [9.17, 15) is 0 Å². The lowest BCUT2D eigenvalue weighted by Crippen LogP contribution is -2.57. The summed E-state index contributed by atoms with van der Waals surface area (Å²) >= 11 is 0. The third kappa shape index (κ3) is 2.37. The highest BCUT2D eigenvalue weighted by molar-refractivity contribution is 5.02. The Morgan fingerprint density at radius 2 is 1.53 bits per heavy atom. The van der Waals surface area contributed by atoms with Crippen molar-refractivity contribution in [3.05, 3.63) is 0 Å². The maximum atomic E-state index is 4.16. The molecule has 1 N–H and O–H groups in total. The van der Waals surface area contributed by atoms with Crippen molar-refractivity contribution in [1.29, 1.82) is 0 Å². The van der Waals surface area contributed by atoms with Gasteiger partial charge in [-0.25, -0.2) is 0 Å². The maximum Gasteiger partial charge on any atom is 0.0127 e. The summed E-state index contributed by atoms with van der Waals surface area (Å²) < 4.78 is 0. The average Bonchev–Trinajstić information content (AvgIpc) is 2.31. The lowest BCUT2D eigenvalue weighted by molar-refractivity contribution is -0.0217. The van der Waals surface area contributed by atoms with Crippen LogP contribution in [0, 0.1) is 29.1 Å². The van der Waals surface area contributed by atoms with Gasteiger partial charge in [-0.2, -0.15) is 0 Å². The summed E-state index contributed by atoms with van der Waals surface area (Å²) in [6, 6.07) is 1.72. The van der Waals surface area contributed by atoms with Crippen LogP contribution in [-0.4, -0.2) is 12.1 Å². The molecule has 0 saturated heterocycles. The zero-order valence-electron chi connectivity index (χ0n) is 12.8. The van der Waals surface area contributed by atoms with Crippen LogP contribution in [0.3, 0.4) is 0 Å². The van der Waals surface area contributed by atoms with Gasteiger partial charge in [-0.15, -0.1) is 0 Å². The van der Waals surface area contributed by atoms with E-state index in [4.69, 9.17) is 0 Å². The van der Waals surface area contributed by atoms with Crippen molar-refractivity contribution in [1.82, 2.24) is 5.32 Å². The van der Waals surface area contributed by atoms with Gasteiger partial charge in [0.15, 0.2) is 0 Å². The van der Waals surface area contributed by atoms with Crippen molar-refractivity contribution < 1.29 is 0 Å². The van der Waals surface area contributed by atoms with E-state index in [0.717, 1.165) is 35.8 Å². The topological polar surface area (TPSA) is 12.0 Å². The largest absolute Gasteiger partial charge is 0.311 e. The van der Waals surface area contributed by atoms with E-state index in [1.165, 1.54) is 25.7 Å². The Hall–Kier alpha value is -0.0400. The molecule has 5 aliphatic carbocycles. The SMILES string of the molecule is CC1(C)CCCC(NC2C3CC4CC(C3)CC2C4)C1. The second-order valence-corrected chi connectivity index (χ2v) is 9.08. The van der Waals surface area contributed by atoms with Crippen LogP contribution < -0.4 is 5.32 Å². The first-order valence-electron chi connectivity index (χ1n) is 8.85. The van der Waals surface area contributed by atoms with Gasteiger partial charge in [0, 0.05) is 12.1 Å². The molecule has 0 aromatic carbocycles. The van der Waals surface area contributed by atoms with E-state index in [1.54, 1.807) is 32.1 Å². The highest BCUT2D eigenvalue weighted by Gasteiger charge is 2.48. The van der Waals surface area contributed by atoms with Gasteiger partial charge < -0.3 is 5.32 Å².